The molecular weight excluding hydrogens is 359 g/mol. The number of hydrogen-bond acceptors (Lipinski definition) is 5. The van der Waals surface area contributed by atoms with Gasteiger partial charge in [-0.3, -0.25) is 4.79 Å². The fourth-order valence-electron chi connectivity index (χ4n) is 1.81. The summed E-state index contributed by atoms with van der Waals surface area (Å²) in [6.07, 6.45) is 0.739. The zero-order valence-electron chi connectivity index (χ0n) is 12.5. The number of anilines is 1. The molecule has 0 atom stereocenters. The molecule has 0 aliphatic rings. The third-order valence-electron chi connectivity index (χ3n) is 2.88. The second-order valence-electron chi connectivity index (χ2n) is 4.45. The number of carbonyl (C=O) groups excluding carboxylic acids is 2. The van der Waals surface area contributed by atoms with Crippen LogP contribution in [0.2, 0.25) is 10.2 Å². The molecule has 0 aliphatic heterocycles. The van der Waals surface area contributed by atoms with E-state index in [0.717, 1.165) is 11.3 Å². The van der Waals surface area contributed by atoms with E-state index in [1.54, 1.807) is 13.0 Å². The predicted octanol–water partition coefficient (Wildman–Crippen LogP) is 4.44. The van der Waals surface area contributed by atoms with Crippen LogP contribution in [0, 0.1) is 0 Å². The summed E-state index contributed by atoms with van der Waals surface area (Å²) >= 11 is 13.1. The zero-order valence-corrected chi connectivity index (χ0v) is 14.8. The molecule has 2 heterocycles. The maximum Gasteiger partial charge on any atom is 0.341 e. The fraction of sp³-hybridized carbons (Fsp3) is 0.267. The van der Waals surface area contributed by atoms with Crippen molar-refractivity contribution < 1.29 is 14.3 Å². The summed E-state index contributed by atoms with van der Waals surface area (Å²) in [5.74, 6) is -1.02. The minimum absolute atomic E-state index is 0.000393. The molecule has 0 fully saturated rings. The van der Waals surface area contributed by atoms with Gasteiger partial charge in [-0.1, -0.05) is 30.1 Å². The van der Waals surface area contributed by atoms with E-state index < -0.39 is 11.9 Å². The number of nitrogens with zero attached hydrogens (tertiary/aromatic N) is 1. The Balaban J connectivity index is 2.31. The molecular formula is C15H14Cl2N2O3S. The van der Waals surface area contributed by atoms with E-state index in [1.165, 1.54) is 23.5 Å². The molecule has 2 aromatic heterocycles. The van der Waals surface area contributed by atoms with Crippen molar-refractivity contribution in [3.63, 3.8) is 0 Å². The van der Waals surface area contributed by atoms with Gasteiger partial charge in [0.25, 0.3) is 5.91 Å². The van der Waals surface area contributed by atoms with Crippen molar-refractivity contribution in [3.8, 4) is 0 Å². The van der Waals surface area contributed by atoms with Crippen LogP contribution in [0.3, 0.4) is 0 Å². The zero-order chi connectivity index (χ0) is 17.0. The highest BCUT2D eigenvalue weighted by Gasteiger charge is 2.21. The lowest BCUT2D eigenvalue weighted by Gasteiger charge is -2.07. The summed E-state index contributed by atoms with van der Waals surface area (Å²) in [7, 11) is 0. The summed E-state index contributed by atoms with van der Waals surface area (Å²) in [4.78, 5) is 29.2. The smallest absolute Gasteiger partial charge is 0.341 e. The Morgan fingerprint density at radius 1 is 1.30 bits per heavy atom. The molecule has 1 amide bonds. The molecule has 0 unspecified atom stereocenters. The number of thiophene rings is 1. The molecule has 2 rings (SSSR count). The number of rotatable bonds is 5. The topological polar surface area (TPSA) is 68.3 Å². The summed E-state index contributed by atoms with van der Waals surface area (Å²) in [5, 5.41) is 3.40. The third-order valence-corrected chi connectivity index (χ3v) is 4.59. The van der Waals surface area contributed by atoms with Crippen LogP contribution in [-0.2, 0) is 11.2 Å². The Hall–Kier alpha value is -1.63. The van der Waals surface area contributed by atoms with Crippen LogP contribution < -0.4 is 5.32 Å². The van der Waals surface area contributed by atoms with Crippen molar-refractivity contribution in [1.29, 1.82) is 0 Å². The van der Waals surface area contributed by atoms with E-state index in [0.29, 0.717) is 10.6 Å². The van der Waals surface area contributed by atoms with Crippen molar-refractivity contribution in [2.24, 2.45) is 0 Å². The number of amides is 1. The number of nitrogens with one attached hydrogen (secondary N) is 1. The van der Waals surface area contributed by atoms with E-state index in [1.807, 2.05) is 6.92 Å². The molecule has 122 valence electrons. The summed E-state index contributed by atoms with van der Waals surface area (Å²) in [6, 6.07) is 4.69. The number of aryl methyl sites for hydroxylation is 1. The van der Waals surface area contributed by atoms with Crippen molar-refractivity contribution >= 4 is 51.4 Å². The van der Waals surface area contributed by atoms with Gasteiger partial charge < -0.3 is 10.1 Å². The SMILES string of the molecule is CCOC(=O)c1cc(CC)sc1NC(=O)c1nc(Cl)ccc1Cl. The second-order valence-corrected chi connectivity index (χ2v) is 6.38. The van der Waals surface area contributed by atoms with E-state index in [4.69, 9.17) is 27.9 Å². The third kappa shape index (κ3) is 4.22. The highest BCUT2D eigenvalue weighted by atomic mass is 35.5. The molecule has 0 aliphatic carbocycles. The van der Waals surface area contributed by atoms with Crippen molar-refractivity contribution in [1.82, 2.24) is 4.98 Å². The van der Waals surface area contributed by atoms with E-state index in [2.05, 4.69) is 10.3 Å². The van der Waals surface area contributed by atoms with Gasteiger partial charge in [0, 0.05) is 4.88 Å². The molecule has 0 spiro atoms. The van der Waals surface area contributed by atoms with Crippen molar-refractivity contribution in [2.75, 3.05) is 11.9 Å². The van der Waals surface area contributed by atoms with E-state index in [-0.39, 0.29) is 22.5 Å². The van der Waals surface area contributed by atoms with Crippen LogP contribution in [0.15, 0.2) is 18.2 Å². The highest BCUT2D eigenvalue weighted by Crippen LogP contribution is 2.30. The average Bonchev–Trinajstić information content (AvgIpc) is 2.93. The molecule has 0 bridgehead atoms. The molecule has 23 heavy (non-hydrogen) atoms. The van der Waals surface area contributed by atoms with Gasteiger partial charge in [-0.05, 0) is 31.5 Å². The molecule has 2 aromatic rings. The van der Waals surface area contributed by atoms with Crippen LogP contribution in [-0.4, -0.2) is 23.5 Å². The largest absolute Gasteiger partial charge is 0.462 e. The Morgan fingerprint density at radius 3 is 2.70 bits per heavy atom. The second kappa shape index (κ2) is 7.77. The Morgan fingerprint density at radius 2 is 2.04 bits per heavy atom. The average molecular weight is 373 g/mol. The number of aromatic nitrogens is 1. The first-order valence-corrected chi connectivity index (χ1v) is 8.46. The number of hydrogen-bond donors (Lipinski definition) is 1. The summed E-state index contributed by atoms with van der Waals surface area (Å²) < 4.78 is 5.01. The standard InChI is InChI=1S/C15H14Cl2N2O3S/c1-3-8-7-9(15(21)22-4-2)14(23-8)19-13(20)12-10(16)5-6-11(17)18-12/h5-7H,3-4H2,1-2H3,(H,19,20). The van der Waals surface area contributed by atoms with Gasteiger partial charge in [0.05, 0.1) is 17.2 Å². The Kier molecular flexibility index (Phi) is 5.98. The molecule has 5 nitrogen and oxygen atoms in total. The van der Waals surface area contributed by atoms with E-state index >= 15 is 0 Å². The van der Waals surface area contributed by atoms with Crippen LogP contribution in [0.25, 0.3) is 0 Å². The van der Waals surface area contributed by atoms with Gasteiger partial charge in [-0.2, -0.15) is 0 Å². The normalized spacial score (nSPS) is 10.4. The van der Waals surface area contributed by atoms with Gasteiger partial charge in [0.15, 0.2) is 0 Å². The van der Waals surface area contributed by atoms with E-state index in [9.17, 15) is 9.59 Å². The minimum Gasteiger partial charge on any atom is -0.462 e. The van der Waals surface area contributed by atoms with Gasteiger partial charge in [0.1, 0.15) is 15.8 Å². The molecule has 1 N–H and O–H groups in total. The maximum absolute atomic E-state index is 12.4. The first kappa shape index (κ1) is 17.7. The summed E-state index contributed by atoms with van der Waals surface area (Å²) in [6.45, 7) is 3.94. The minimum atomic E-state index is -0.535. The predicted molar refractivity (Wildman–Crippen MR) is 91.9 cm³/mol. The van der Waals surface area contributed by atoms with Crippen molar-refractivity contribution in [3.05, 3.63) is 44.5 Å². The fourth-order valence-corrected chi connectivity index (χ4v) is 3.13. The van der Waals surface area contributed by atoms with Crippen LogP contribution in [0.1, 0.15) is 39.6 Å². The van der Waals surface area contributed by atoms with Crippen LogP contribution in [0.5, 0.6) is 0 Å². The quantitative estimate of drug-likeness (QED) is 0.621. The lowest BCUT2D eigenvalue weighted by atomic mass is 10.2. The van der Waals surface area contributed by atoms with Gasteiger partial charge >= 0.3 is 5.97 Å². The monoisotopic (exact) mass is 372 g/mol. The van der Waals surface area contributed by atoms with Gasteiger partial charge in [-0.25, -0.2) is 9.78 Å². The number of carbonyl (C=O) groups is 2. The highest BCUT2D eigenvalue weighted by molar-refractivity contribution is 7.16. The number of pyridine rings is 1. The number of halogens is 2. The molecule has 0 aromatic carbocycles. The molecule has 0 saturated heterocycles. The molecule has 0 saturated carbocycles. The van der Waals surface area contributed by atoms with Gasteiger partial charge in [-0.15, -0.1) is 11.3 Å². The van der Waals surface area contributed by atoms with Crippen LogP contribution >= 0.6 is 34.5 Å². The first-order chi connectivity index (χ1) is 11.0. The van der Waals surface area contributed by atoms with Crippen molar-refractivity contribution in [2.45, 2.75) is 20.3 Å². The molecule has 0 radical (unpaired) electrons. The maximum atomic E-state index is 12.4. The first-order valence-electron chi connectivity index (χ1n) is 6.89. The molecule has 8 heteroatoms. The van der Waals surface area contributed by atoms with Crippen LogP contribution in [0.4, 0.5) is 5.00 Å². The Labute approximate surface area is 147 Å². The Bertz CT molecular complexity index is 746. The van der Waals surface area contributed by atoms with Gasteiger partial charge in [0.2, 0.25) is 0 Å². The number of ether oxygens (including phenoxy) is 1. The summed E-state index contributed by atoms with van der Waals surface area (Å²) in [5.41, 5.74) is 0.320. The lowest BCUT2D eigenvalue weighted by molar-refractivity contribution is 0.0528. The number of esters is 1. The lowest BCUT2D eigenvalue weighted by Crippen LogP contribution is -2.16.